The summed E-state index contributed by atoms with van der Waals surface area (Å²) in [5, 5.41) is 17.0. The van der Waals surface area contributed by atoms with Gasteiger partial charge in [0, 0.05) is 31.6 Å². The summed E-state index contributed by atoms with van der Waals surface area (Å²) in [6.07, 6.45) is -0.725. The lowest BCUT2D eigenvalue weighted by molar-refractivity contribution is 0.180. The molecule has 0 aliphatic heterocycles. The summed E-state index contributed by atoms with van der Waals surface area (Å²) < 4.78 is 10.6. The van der Waals surface area contributed by atoms with Gasteiger partial charge < -0.3 is 25.2 Å². The van der Waals surface area contributed by atoms with E-state index in [4.69, 9.17) is 9.47 Å². The van der Waals surface area contributed by atoms with Crippen LogP contribution in [-0.4, -0.2) is 44.9 Å². The summed E-state index contributed by atoms with van der Waals surface area (Å²) in [6.45, 7) is 7.98. The number of nitrogens with zero attached hydrogens (tertiary/aromatic N) is 1. The van der Waals surface area contributed by atoms with Crippen LogP contribution in [0.2, 0.25) is 0 Å². The second kappa shape index (κ2) is 11.3. The number of aliphatic hydroxyl groups is 1. The number of aliphatic hydroxyl groups excluding tert-OH is 1. The number of benzene rings is 2. The third-order valence-electron chi connectivity index (χ3n) is 4.74. The summed E-state index contributed by atoms with van der Waals surface area (Å²) in [6, 6.07) is 13.9. The summed E-state index contributed by atoms with van der Waals surface area (Å²) in [5.74, 6) is 2.27. The van der Waals surface area contributed by atoms with Crippen LogP contribution in [0, 0.1) is 6.92 Å². The van der Waals surface area contributed by atoms with Crippen molar-refractivity contribution in [3.8, 4) is 11.5 Å². The molecule has 0 aliphatic rings. The summed E-state index contributed by atoms with van der Waals surface area (Å²) in [4.78, 5) is 4.68. The average Bonchev–Trinajstić information content (AvgIpc) is 2.75. The zero-order valence-electron chi connectivity index (χ0n) is 18.0. The van der Waals surface area contributed by atoms with Gasteiger partial charge in [-0.05, 0) is 37.1 Å². The minimum absolute atomic E-state index is 0.304. The molecule has 2 atom stereocenters. The molecule has 0 fully saturated rings. The Morgan fingerprint density at radius 1 is 1.00 bits per heavy atom. The smallest absolute Gasteiger partial charge is 0.191 e. The predicted molar refractivity (Wildman–Crippen MR) is 118 cm³/mol. The van der Waals surface area contributed by atoms with Gasteiger partial charge in [0.05, 0.1) is 20.3 Å². The van der Waals surface area contributed by atoms with Crippen molar-refractivity contribution in [2.75, 3.05) is 33.9 Å². The molecule has 2 aromatic carbocycles. The van der Waals surface area contributed by atoms with Gasteiger partial charge in [-0.1, -0.05) is 36.8 Å². The molecule has 6 nitrogen and oxygen atoms in total. The maximum absolute atomic E-state index is 10.6. The molecule has 0 amide bonds. The topological polar surface area (TPSA) is 75.1 Å². The highest BCUT2D eigenvalue weighted by molar-refractivity contribution is 5.79. The number of hydrogen-bond acceptors (Lipinski definition) is 4. The van der Waals surface area contributed by atoms with Crippen LogP contribution in [0.15, 0.2) is 47.5 Å². The van der Waals surface area contributed by atoms with Gasteiger partial charge in [-0.2, -0.15) is 0 Å². The molecule has 2 aromatic rings. The highest BCUT2D eigenvalue weighted by Gasteiger charge is 2.12. The molecular weight excluding hydrogens is 366 g/mol. The summed E-state index contributed by atoms with van der Waals surface area (Å²) >= 11 is 0. The lowest BCUT2D eigenvalue weighted by Crippen LogP contribution is -2.39. The van der Waals surface area contributed by atoms with E-state index in [-0.39, 0.29) is 0 Å². The van der Waals surface area contributed by atoms with Gasteiger partial charge in [0.15, 0.2) is 5.96 Å². The van der Waals surface area contributed by atoms with Gasteiger partial charge in [-0.25, -0.2) is 0 Å². The van der Waals surface area contributed by atoms with Crippen LogP contribution >= 0.6 is 0 Å². The van der Waals surface area contributed by atoms with Crippen LogP contribution in [0.25, 0.3) is 0 Å². The first-order valence-corrected chi connectivity index (χ1v) is 9.96. The van der Waals surface area contributed by atoms with Gasteiger partial charge in [-0.3, -0.25) is 4.99 Å². The van der Waals surface area contributed by atoms with Gasteiger partial charge in [-0.15, -0.1) is 0 Å². The van der Waals surface area contributed by atoms with Crippen molar-refractivity contribution < 1.29 is 14.6 Å². The Bertz CT molecular complexity index is 768. The number of guanidine groups is 1. The van der Waals surface area contributed by atoms with Crippen molar-refractivity contribution in [2.24, 2.45) is 4.99 Å². The monoisotopic (exact) mass is 399 g/mol. The van der Waals surface area contributed by atoms with Gasteiger partial charge in [0.25, 0.3) is 0 Å². The lowest BCUT2D eigenvalue weighted by atomic mass is 10.0. The molecule has 29 heavy (non-hydrogen) atoms. The Hall–Kier alpha value is -2.73. The van der Waals surface area contributed by atoms with E-state index in [9.17, 15) is 5.11 Å². The molecule has 0 spiro atoms. The molecule has 2 unspecified atom stereocenters. The normalized spacial score (nSPS) is 13.5. The SMILES string of the molecule is CCNC(=NCC(C)c1ccc(C)cc1)NCC(O)c1cc(OC)cc(OC)c1. The maximum Gasteiger partial charge on any atom is 0.191 e. The quantitative estimate of drug-likeness (QED) is 0.445. The van der Waals surface area contributed by atoms with E-state index in [1.54, 1.807) is 32.4 Å². The van der Waals surface area contributed by atoms with E-state index in [0.717, 1.165) is 12.1 Å². The molecule has 0 aromatic heterocycles. The molecule has 158 valence electrons. The predicted octanol–water partition coefficient (Wildman–Crippen LogP) is 3.40. The highest BCUT2D eigenvalue weighted by Crippen LogP contribution is 2.26. The fourth-order valence-electron chi connectivity index (χ4n) is 2.90. The molecule has 0 aliphatic carbocycles. The molecule has 6 heteroatoms. The van der Waals surface area contributed by atoms with E-state index in [2.05, 4.69) is 53.7 Å². The molecule has 0 saturated carbocycles. The fraction of sp³-hybridized carbons (Fsp3) is 0.435. The molecular formula is C23H33N3O3. The Morgan fingerprint density at radius 2 is 1.62 bits per heavy atom. The van der Waals surface area contributed by atoms with Crippen molar-refractivity contribution in [3.05, 3.63) is 59.2 Å². The minimum atomic E-state index is -0.725. The number of hydrogen-bond donors (Lipinski definition) is 3. The van der Waals surface area contributed by atoms with Crippen molar-refractivity contribution >= 4 is 5.96 Å². The van der Waals surface area contributed by atoms with Gasteiger partial charge in [0.1, 0.15) is 11.5 Å². The van der Waals surface area contributed by atoms with Crippen LogP contribution in [0.5, 0.6) is 11.5 Å². The van der Waals surface area contributed by atoms with E-state index < -0.39 is 6.10 Å². The molecule has 2 rings (SSSR count). The van der Waals surface area contributed by atoms with E-state index in [0.29, 0.717) is 36.5 Å². The van der Waals surface area contributed by atoms with Crippen LogP contribution in [0.4, 0.5) is 0 Å². The first kappa shape index (κ1) is 22.6. The number of aryl methyl sites for hydroxylation is 1. The Labute approximate surface area is 174 Å². The van der Waals surface area contributed by atoms with E-state index >= 15 is 0 Å². The zero-order chi connectivity index (χ0) is 21.2. The average molecular weight is 400 g/mol. The largest absolute Gasteiger partial charge is 0.497 e. The maximum atomic E-state index is 10.6. The third kappa shape index (κ3) is 6.98. The second-order valence-electron chi connectivity index (χ2n) is 7.07. The van der Waals surface area contributed by atoms with Crippen molar-refractivity contribution in [1.82, 2.24) is 10.6 Å². The first-order chi connectivity index (χ1) is 14.0. The molecule has 0 heterocycles. The number of rotatable bonds is 9. The standard InChI is InChI=1S/C23H33N3O3/c1-6-24-23(25-14-17(3)18-9-7-16(2)8-10-18)26-15-22(27)19-11-20(28-4)13-21(12-19)29-5/h7-13,17,22,27H,6,14-15H2,1-5H3,(H2,24,25,26). The van der Waals surface area contributed by atoms with Crippen LogP contribution in [0.3, 0.4) is 0 Å². The van der Waals surface area contributed by atoms with Crippen LogP contribution in [0.1, 0.15) is 42.6 Å². The molecule has 0 radical (unpaired) electrons. The number of nitrogens with one attached hydrogen (secondary N) is 2. The van der Waals surface area contributed by atoms with Crippen molar-refractivity contribution in [1.29, 1.82) is 0 Å². The zero-order valence-corrected chi connectivity index (χ0v) is 18.0. The molecule has 0 saturated heterocycles. The number of ether oxygens (including phenoxy) is 2. The minimum Gasteiger partial charge on any atom is -0.497 e. The van der Waals surface area contributed by atoms with E-state index in [1.807, 2.05) is 6.92 Å². The third-order valence-corrected chi connectivity index (χ3v) is 4.74. The summed E-state index contributed by atoms with van der Waals surface area (Å²) in [5.41, 5.74) is 3.24. The fourth-order valence-corrected chi connectivity index (χ4v) is 2.90. The van der Waals surface area contributed by atoms with Gasteiger partial charge >= 0.3 is 0 Å². The van der Waals surface area contributed by atoms with Crippen molar-refractivity contribution in [3.63, 3.8) is 0 Å². The second-order valence-corrected chi connectivity index (χ2v) is 7.07. The Kier molecular flexibility index (Phi) is 8.80. The summed E-state index contributed by atoms with van der Waals surface area (Å²) in [7, 11) is 3.18. The first-order valence-electron chi connectivity index (χ1n) is 9.96. The number of methoxy groups -OCH3 is 2. The highest BCUT2D eigenvalue weighted by atomic mass is 16.5. The Balaban J connectivity index is 2.00. The van der Waals surface area contributed by atoms with E-state index in [1.165, 1.54) is 11.1 Å². The molecule has 0 bridgehead atoms. The Morgan fingerprint density at radius 3 is 2.17 bits per heavy atom. The van der Waals surface area contributed by atoms with Crippen LogP contribution in [-0.2, 0) is 0 Å². The van der Waals surface area contributed by atoms with Crippen LogP contribution < -0.4 is 20.1 Å². The number of aliphatic imine (C=N–C) groups is 1. The van der Waals surface area contributed by atoms with Crippen molar-refractivity contribution in [2.45, 2.75) is 32.8 Å². The van der Waals surface area contributed by atoms with Gasteiger partial charge in [0.2, 0.25) is 0 Å². The molecule has 3 N–H and O–H groups in total. The lowest BCUT2D eigenvalue weighted by Gasteiger charge is -2.18.